The van der Waals surface area contributed by atoms with E-state index in [-0.39, 0.29) is 0 Å². The van der Waals surface area contributed by atoms with Gasteiger partial charge in [-0.25, -0.2) is 0 Å². The number of likely N-dealkylation sites (tertiary alicyclic amines) is 1. The first kappa shape index (κ1) is 12.5. The van der Waals surface area contributed by atoms with Crippen LogP contribution in [0.2, 0.25) is 0 Å². The van der Waals surface area contributed by atoms with Crippen LogP contribution in [0.5, 0.6) is 0 Å². The van der Waals surface area contributed by atoms with Gasteiger partial charge in [0.05, 0.1) is 5.69 Å². The van der Waals surface area contributed by atoms with Gasteiger partial charge in [0.1, 0.15) is 0 Å². The van der Waals surface area contributed by atoms with Gasteiger partial charge in [-0.2, -0.15) is 0 Å². The average molecular weight is 234 g/mol. The Morgan fingerprint density at radius 1 is 1.53 bits per heavy atom. The largest absolute Gasteiger partial charge is 0.325 e. The zero-order valence-corrected chi connectivity index (χ0v) is 10.8. The Morgan fingerprint density at radius 2 is 2.35 bits per heavy atom. The lowest BCUT2D eigenvalue weighted by molar-refractivity contribution is 0.264. The van der Waals surface area contributed by atoms with E-state index in [2.05, 4.69) is 34.9 Å². The van der Waals surface area contributed by atoms with Crippen LogP contribution >= 0.6 is 0 Å². The summed E-state index contributed by atoms with van der Waals surface area (Å²) in [6.07, 6.45) is 3.07. The highest BCUT2D eigenvalue weighted by atomic mass is 15.2. The fourth-order valence-electron chi connectivity index (χ4n) is 2.42. The predicted molar refractivity (Wildman–Crippen MR) is 69.5 cm³/mol. The van der Waals surface area contributed by atoms with Gasteiger partial charge >= 0.3 is 0 Å². The molecule has 1 aromatic rings. The third-order valence-corrected chi connectivity index (χ3v) is 3.55. The summed E-state index contributed by atoms with van der Waals surface area (Å²) in [6, 6.07) is 4.82. The molecule has 17 heavy (non-hydrogen) atoms. The van der Waals surface area contributed by atoms with Crippen molar-refractivity contribution < 1.29 is 0 Å². The molecule has 94 valence electrons. The molecule has 1 aliphatic heterocycles. The van der Waals surface area contributed by atoms with Crippen LogP contribution in [-0.2, 0) is 13.1 Å². The smallest absolute Gasteiger partial charge is 0.0584 e. The summed E-state index contributed by atoms with van der Waals surface area (Å²) in [6.45, 7) is 3.82. The number of likely N-dealkylation sites (N-methyl/N-ethyl adjacent to an activating group) is 1. The Hall–Kier alpha value is -0.970. The number of rotatable bonds is 4. The Morgan fingerprint density at radius 3 is 3.00 bits per heavy atom. The fourth-order valence-corrected chi connectivity index (χ4v) is 2.42. The summed E-state index contributed by atoms with van der Waals surface area (Å²) in [4.78, 5) is 9.13. The highest BCUT2D eigenvalue weighted by Gasteiger charge is 2.24. The quantitative estimate of drug-likeness (QED) is 0.832. The van der Waals surface area contributed by atoms with Crippen LogP contribution < -0.4 is 5.73 Å². The van der Waals surface area contributed by atoms with Crippen molar-refractivity contribution in [1.29, 1.82) is 0 Å². The van der Waals surface area contributed by atoms with Crippen molar-refractivity contribution in [3.05, 3.63) is 29.6 Å². The molecule has 1 aliphatic rings. The van der Waals surface area contributed by atoms with Gasteiger partial charge in [-0.1, -0.05) is 6.07 Å². The topological polar surface area (TPSA) is 45.4 Å². The first-order valence-electron chi connectivity index (χ1n) is 6.22. The Labute approximate surface area is 103 Å². The minimum atomic E-state index is 0.529. The van der Waals surface area contributed by atoms with E-state index in [1.54, 1.807) is 0 Å². The molecule has 1 fully saturated rings. The number of pyridine rings is 1. The van der Waals surface area contributed by atoms with Gasteiger partial charge in [-0.15, -0.1) is 0 Å². The van der Waals surface area contributed by atoms with Crippen molar-refractivity contribution in [2.24, 2.45) is 5.73 Å². The van der Waals surface area contributed by atoms with Crippen LogP contribution in [0.1, 0.15) is 17.7 Å². The molecule has 0 saturated carbocycles. The van der Waals surface area contributed by atoms with Crippen molar-refractivity contribution in [2.75, 3.05) is 27.2 Å². The standard InChI is InChI=1S/C13H22N4/c1-16(2)12-5-7-17(10-12)9-11-4-3-6-15-13(11)8-14/h3-4,6,12H,5,7-10,14H2,1-2H3. The van der Waals surface area contributed by atoms with Gasteiger partial charge < -0.3 is 10.6 Å². The van der Waals surface area contributed by atoms with Gasteiger partial charge in [-0.05, 0) is 32.1 Å². The molecule has 0 aliphatic carbocycles. The van der Waals surface area contributed by atoms with Crippen LogP contribution in [-0.4, -0.2) is 48.0 Å². The SMILES string of the molecule is CN(C)C1CCN(Cc2cccnc2CN)C1. The van der Waals surface area contributed by atoms with Crippen molar-refractivity contribution >= 4 is 0 Å². The highest BCUT2D eigenvalue weighted by molar-refractivity contribution is 5.19. The molecule has 1 saturated heterocycles. The summed E-state index contributed by atoms with van der Waals surface area (Å²) >= 11 is 0. The van der Waals surface area contributed by atoms with Crippen molar-refractivity contribution in [3.8, 4) is 0 Å². The molecule has 0 amide bonds. The molecule has 1 aromatic heterocycles. The zero-order valence-electron chi connectivity index (χ0n) is 10.8. The van der Waals surface area contributed by atoms with E-state index in [1.807, 2.05) is 12.3 Å². The second kappa shape index (κ2) is 5.58. The van der Waals surface area contributed by atoms with Crippen LogP contribution in [0, 0.1) is 0 Å². The van der Waals surface area contributed by atoms with Gasteiger partial charge in [0.25, 0.3) is 0 Å². The van der Waals surface area contributed by atoms with Gasteiger partial charge in [0.15, 0.2) is 0 Å². The highest BCUT2D eigenvalue weighted by Crippen LogP contribution is 2.17. The second-order valence-electron chi connectivity index (χ2n) is 4.95. The Bertz CT molecular complexity index is 364. The summed E-state index contributed by atoms with van der Waals surface area (Å²) in [5.41, 5.74) is 8.01. The maximum atomic E-state index is 5.71. The first-order valence-corrected chi connectivity index (χ1v) is 6.22. The molecule has 0 spiro atoms. The van der Waals surface area contributed by atoms with E-state index in [9.17, 15) is 0 Å². The van der Waals surface area contributed by atoms with E-state index < -0.39 is 0 Å². The average Bonchev–Trinajstić information content (AvgIpc) is 2.78. The van der Waals surface area contributed by atoms with E-state index in [1.165, 1.54) is 18.5 Å². The summed E-state index contributed by atoms with van der Waals surface area (Å²) < 4.78 is 0. The molecule has 0 aromatic carbocycles. The van der Waals surface area contributed by atoms with Gasteiger partial charge in [-0.3, -0.25) is 9.88 Å². The number of nitrogens with two attached hydrogens (primary N) is 1. The van der Waals surface area contributed by atoms with Crippen molar-refractivity contribution in [3.63, 3.8) is 0 Å². The van der Waals surface area contributed by atoms with Gasteiger partial charge in [0.2, 0.25) is 0 Å². The lowest BCUT2D eigenvalue weighted by atomic mass is 10.2. The molecule has 2 N–H and O–H groups in total. The Kier molecular flexibility index (Phi) is 4.10. The molecule has 0 bridgehead atoms. The zero-order chi connectivity index (χ0) is 12.3. The molecular formula is C13H22N4. The molecule has 1 unspecified atom stereocenters. The van der Waals surface area contributed by atoms with Gasteiger partial charge in [0, 0.05) is 38.4 Å². The molecule has 2 rings (SSSR count). The number of nitrogens with zero attached hydrogens (tertiary/aromatic N) is 3. The third kappa shape index (κ3) is 3.03. The number of hydrogen-bond acceptors (Lipinski definition) is 4. The molecule has 4 heteroatoms. The van der Waals surface area contributed by atoms with Crippen molar-refractivity contribution in [2.45, 2.75) is 25.6 Å². The second-order valence-corrected chi connectivity index (χ2v) is 4.95. The summed E-state index contributed by atoms with van der Waals surface area (Å²) in [5, 5.41) is 0. The molecule has 1 atom stereocenters. The van der Waals surface area contributed by atoms with Crippen LogP contribution in [0.4, 0.5) is 0 Å². The minimum absolute atomic E-state index is 0.529. The monoisotopic (exact) mass is 234 g/mol. The van der Waals surface area contributed by atoms with Crippen LogP contribution in [0.3, 0.4) is 0 Å². The normalized spacial score (nSPS) is 21.3. The van der Waals surface area contributed by atoms with Crippen LogP contribution in [0.25, 0.3) is 0 Å². The minimum Gasteiger partial charge on any atom is -0.325 e. The molecule has 4 nitrogen and oxygen atoms in total. The molecular weight excluding hydrogens is 212 g/mol. The van der Waals surface area contributed by atoms with Crippen molar-refractivity contribution in [1.82, 2.24) is 14.8 Å². The maximum Gasteiger partial charge on any atom is 0.0584 e. The summed E-state index contributed by atoms with van der Waals surface area (Å²) in [7, 11) is 4.31. The summed E-state index contributed by atoms with van der Waals surface area (Å²) in [5.74, 6) is 0. The third-order valence-electron chi connectivity index (χ3n) is 3.55. The fraction of sp³-hybridized carbons (Fsp3) is 0.615. The number of aromatic nitrogens is 1. The first-order chi connectivity index (χ1) is 8.20. The lowest BCUT2D eigenvalue weighted by Gasteiger charge is -2.20. The van der Waals surface area contributed by atoms with E-state index >= 15 is 0 Å². The van der Waals surface area contributed by atoms with E-state index in [0.29, 0.717) is 12.6 Å². The lowest BCUT2D eigenvalue weighted by Crippen LogP contribution is -2.31. The van der Waals surface area contributed by atoms with E-state index in [0.717, 1.165) is 18.8 Å². The maximum absolute atomic E-state index is 5.71. The predicted octanol–water partition coefficient (Wildman–Crippen LogP) is 0.676. The molecule has 0 radical (unpaired) electrons. The van der Waals surface area contributed by atoms with E-state index in [4.69, 9.17) is 5.73 Å². The number of hydrogen-bond donors (Lipinski definition) is 1. The Balaban J connectivity index is 1.98. The molecule has 2 heterocycles. The van der Waals surface area contributed by atoms with Crippen LogP contribution in [0.15, 0.2) is 18.3 Å².